The molecular weight excluding hydrogens is 411 g/mol. The van der Waals surface area contributed by atoms with Gasteiger partial charge < -0.3 is 15.1 Å². The Morgan fingerprint density at radius 2 is 1.83 bits per heavy atom. The first-order valence-corrected chi connectivity index (χ1v) is 8.82. The minimum Gasteiger partial charge on any atom is -0.378 e. The number of piperidine rings is 1. The summed E-state index contributed by atoms with van der Waals surface area (Å²) < 4.78 is 0. The van der Waals surface area contributed by atoms with Crippen LogP contribution < -0.4 is 10.2 Å². The van der Waals surface area contributed by atoms with Crippen LogP contribution in [0.3, 0.4) is 0 Å². The summed E-state index contributed by atoms with van der Waals surface area (Å²) in [5.41, 5.74) is 2.66. The number of halogens is 1. The van der Waals surface area contributed by atoms with Crippen LogP contribution >= 0.6 is 24.0 Å². The summed E-state index contributed by atoms with van der Waals surface area (Å²) in [7, 11) is 6.04. The largest absolute Gasteiger partial charge is 0.378 e. The van der Waals surface area contributed by atoms with Crippen LogP contribution in [0.1, 0.15) is 31.7 Å². The molecule has 136 valence electrons. The molecule has 5 heteroatoms. The second-order valence-corrected chi connectivity index (χ2v) is 6.81. The van der Waals surface area contributed by atoms with Crippen molar-refractivity contribution in [2.45, 2.75) is 32.6 Å². The molecule has 0 radical (unpaired) electrons. The smallest absolute Gasteiger partial charge is 0.193 e. The fourth-order valence-electron chi connectivity index (χ4n) is 3.01. The highest BCUT2D eigenvalue weighted by atomic mass is 127. The maximum absolute atomic E-state index is 4.44. The van der Waals surface area contributed by atoms with Crippen molar-refractivity contribution in [1.29, 1.82) is 0 Å². The molecule has 0 aliphatic carbocycles. The third-order valence-corrected chi connectivity index (χ3v) is 4.67. The van der Waals surface area contributed by atoms with Crippen molar-refractivity contribution in [2.75, 3.05) is 45.7 Å². The highest BCUT2D eigenvalue weighted by Crippen LogP contribution is 2.16. The van der Waals surface area contributed by atoms with Crippen molar-refractivity contribution >= 4 is 35.6 Å². The molecule has 1 aromatic rings. The van der Waals surface area contributed by atoms with Gasteiger partial charge in [0.2, 0.25) is 0 Å². The third kappa shape index (κ3) is 6.49. The monoisotopic (exact) mass is 444 g/mol. The molecule has 4 nitrogen and oxygen atoms in total. The van der Waals surface area contributed by atoms with E-state index in [0.29, 0.717) is 0 Å². The molecule has 24 heavy (non-hydrogen) atoms. The van der Waals surface area contributed by atoms with Gasteiger partial charge >= 0.3 is 0 Å². The van der Waals surface area contributed by atoms with Crippen molar-refractivity contribution in [3.05, 3.63) is 29.8 Å². The average Bonchev–Trinajstić information content (AvgIpc) is 2.56. The molecule has 0 unspecified atom stereocenters. The lowest BCUT2D eigenvalue weighted by molar-refractivity contribution is 0.273. The molecule has 1 aliphatic rings. The SMILES string of the molecule is CN=C(NCCCc1ccc(N(C)C)cc1)N1CCC(C)CC1.I. The molecule has 1 aliphatic heterocycles. The van der Waals surface area contributed by atoms with E-state index < -0.39 is 0 Å². The average molecular weight is 444 g/mol. The fraction of sp³-hybridized carbons (Fsp3) is 0.632. The van der Waals surface area contributed by atoms with E-state index in [4.69, 9.17) is 0 Å². The van der Waals surface area contributed by atoms with Gasteiger partial charge in [0.25, 0.3) is 0 Å². The Hall–Kier alpha value is -0.980. The van der Waals surface area contributed by atoms with E-state index in [0.717, 1.165) is 44.4 Å². The van der Waals surface area contributed by atoms with E-state index in [1.54, 1.807) is 0 Å². The maximum Gasteiger partial charge on any atom is 0.193 e. The van der Waals surface area contributed by atoms with Crippen LogP contribution in [0.5, 0.6) is 0 Å². The Bertz CT molecular complexity index is 491. The molecule has 1 aromatic carbocycles. The number of aliphatic imine (C=N–C) groups is 1. The van der Waals surface area contributed by atoms with Gasteiger partial charge in [0.05, 0.1) is 0 Å². The lowest BCUT2D eigenvalue weighted by Crippen LogP contribution is -2.45. The number of nitrogens with one attached hydrogen (secondary N) is 1. The predicted octanol–water partition coefficient (Wildman–Crippen LogP) is 3.61. The van der Waals surface area contributed by atoms with Crippen molar-refractivity contribution in [3.63, 3.8) is 0 Å². The first kappa shape index (κ1) is 21.1. The molecule has 0 bridgehead atoms. The molecule has 0 atom stereocenters. The Morgan fingerprint density at radius 3 is 2.38 bits per heavy atom. The summed E-state index contributed by atoms with van der Waals surface area (Å²) in [4.78, 5) is 8.97. The van der Waals surface area contributed by atoms with Gasteiger partial charge in [0, 0.05) is 46.5 Å². The summed E-state index contributed by atoms with van der Waals surface area (Å²) in [5, 5.41) is 3.52. The van der Waals surface area contributed by atoms with E-state index >= 15 is 0 Å². The topological polar surface area (TPSA) is 30.9 Å². The molecule has 0 amide bonds. The van der Waals surface area contributed by atoms with Gasteiger partial charge in [-0.25, -0.2) is 0 Å². The highest BCUT2D eigenvalue weighted by molar-refractivity contribution is 14.0. The summed E-state index contributed by atoms with van der Waals surface area (Å²) in [6.07, 6.45) is 4.79. The first-order chi connectivity index (χ1) is 11.1. The van der Waals surface area contributed by atoms with Crippen LogP contribution in [0.2, 0.25) is 0 Å². The zero-order valence-electron chi connectivity index (χ0n) is 15.6. The number of aryl methyl sites for hydroxylation is 1. The van der Waals surface area contributed by atoms with Crippen molar-refractivity contribution in [1.82, 2.24) is 10.2 Å². The Kier molecular flexibility index (Phi) is 9.48. The Morgan fingerprint density at radius 1 is 1.21 bits per heavy atom. The standard InChI is InChI=1S/C19H32N4.HI/c1-16-11-14-23(15-12-16)19(20-2)21-13-5-6-17-7-9-18(10-8-17)22(3)4;/h7-10,16H,5-6,11-15H2,1-4H3,(H,20,21);1H. The third-order valence-electron chi connectivity index (χ3n) is 4.67. The zero-order valence-corrected chi connectivity index (χ0v) is 17.9. The number of rotatable bonds is 5. The van der Waals surface area contributed by atoms with Gasteiger partial charge in [-0.1, -0.05) is 19.1 Å². The zero-order chi connectivity index (χ0) is 16.7. The van der Waals surface area contributed by atoms with Crippen LogP contribution in [0, 0.1) is 5.92 Å². The molecule has 1 saturated heterocycles. The lowest BCUT2D eigenvalue weighted by atomic mass is 10.00. The van der Waals surface area contributed by atoms with E-state index in [9.17, 15) is 0 Å². The lowest BCUT2D eigenvalue weighted by Gasteiger charge is -2.32. The predicted molar refractivity (Wildman–Crippen MR) is 116 cm³/mol. The number of anilines is 1. The summed E-state index contributed by atoms with van der Waals surface area (Å²) in [6, 6.07) is 8.85. The van der Waals surface area contributed by atoms with Crippen LogP contribution in [0.15, 0.2) is 29.3 Å². The number of benzene rings is 1. The van der Waals surface area contributed by atoms with Crippen LogP contribution in [0.25, 0.3) is 0 Å². The summed E-state index contributed by atoms with van der Waals surface area (Å²) >= 11 is 0. The van der Waals surface area contributed by atoms with E-state index in [2.05, 4.69) is 65.4 Å². The Balaban J connectivity index is 0.00000288. The first-order valence-electron chi connectivity index (χ1n) is 8.82. The van der Waals surface area contributed by atoms with Crippen molar-refractivity contribution < 1.29 is 0 Å². The van der Waals surface area contributed by atoms with Gasteiger partial charge in [-0.05, 0) is 49.3 Å². The highest BCUT2D eigenvalue weighted by Gasteiger charge is 2.18. The number of hydrogen-bond donors (Lipinski definition) is 1. The van der Waals surface area contributed by atoms with E-state index in [1.807, 2.05) is 7.05 Å². The van der Waals surface area contributed by atoms with Crippen LogP contribution in [-0.4, -0.2) is 51.6 Å². The maximum atomic E-state index is 4.44. The molecule has 1 fully saturated rings. The summed E-state index contributed by atoms with van der Waals surface area (Å²) in [6.45, 7) is 5.59. The molecule has 2 rings (SSSR count). The molecule has 1 heterocycles. The van der Waals surface area contributed by atoms with E-state index in [1.165, 1.54) is 24.1 Å². The number of hydrogen-bond acceptors (Lipinski definition) is 2. The fourth-order valence-corrected chi connectivity index (χ4v) is 3.01. The van der Waals surface area contributed by atoms with Gasteiger partial charge in [-0.2, -0.15) is 0 Å². The van der Waals surface area contributed by atoms with Gasteiger partial charge in [0.1, 0.15) is 0 Å². The second kappa shape index (κ2) is 10.8. The van der Waals surface area contributed by atoms with Crippen LogP contribution in [0.4, 0.5) is 5.69 Å². The van der Waals surface area contributed by atoms with E-state index in [-0.39, 0.29) is 24.0 Å². The van der Waals surface area contributed by atoms with Gasteiger partial charge in [0.15, 0.2) is 5.96 Å². The molecule has 0 aromatic heterocycles. The van der Waals surface area contributed by atoms with Gasteiger partial charge in [-0.15, -0.1) is 24.0 Å². The van der Waals surface area contributed by atoms with Crippen molar-refractivity contribution in [3.8, 4) is 0 Å². The number of guanidine groups is 1. The summed E-state index contributed by atoms with van der Waals surface area (Å²) in [5.74, 6) is 1.93. The Labute approximate surface area is 164 Å². The molecule has 1 N–H and O–H groups in total. The molecular formula is C19H33IN4. The van der Waals surface area contributed by atoms with Gasteiger partial charge in [-0.3, -0.25) is 4.99 Å². The number of nitrogens with zero attached hydrogens (tertiary/aromatic N) is 3. The molecule has 0 saturated carbocycles. The minimum absolute atomic E-state index is 0. The minimum atomic E-state index is 0. The van der Waals surface area contributed by atoms with Crippen molar-refractivity contribution in [2.24, 2.45) is 10.9 Å². The quantitative estimate of drug-likeness (QED) is 0.326. The van der Waals surface area contributed by atoms with Crippen LogP contribution in [-0.2, 0) is 6.42 Å². The normalized spacial score (nSPS) is 15.8. The second-order valence-electron chi connectivity index (χ2n) is 6.81. The number of likely N-dealkylation sites (tertiary alicyclic amines) is 1. The molecule has 0 spiro atoms.